The molecule has 0 radical (unpaired) electrons. The highest BCUT2D eigenvalue weighted by molar-refractivity contribution is 7.98. The van der Waals surface area contributed by atoms with Crippen LogP contribution in [0.1, 0.15) is 17.2 Å². The van der Waals surface area contributed by atoms with Crippen LogP contribution in [-0.4, -0.2) is 19.7 Å². The number of aromatic nitrogens is 4. The second kappa shape index (κ2) is 6.84. The molecule has 0 spiro atoms. The van der Waals surface area contributed by atoms with Crippen LogP contribution in [0.2, 0.25) is 0 Å². The molecular formula is C19H18N4O2S. The Morgan fingerprint density at radius 2 is 1.85 bits per heavy atom. The quantitative estimate of drug-likeness (QED) is 0.479. The third kappa shape index (κ3) is 3.06. The van der Waals surface area contributed by atoms with Gasteiger partial charge in [-0.05, 0) is 32.0 Å². The first-order valence-electron chi connectivity index (χ1n) is 8.22. The van der Waals surface area contributed by atoms with E-state index in [1.807, 2.05) is 61.9 Å². The Bertz CT molecular complexity index is 1030. The van der Waals surface area contributed by atoms with Gasteiger partial charge in [-0.2, -0.15) is 0 Å². The minimum Gasteiger partial charge on any atom is -0.469 e. The molecule has 0 unspecified atom stereocenters. The van der Waals surface area contributed by atoms with Gasteiger partial charge in [0.25, 0.3) is 0 Å². The first-order chi connectivity index (χ1) is 12.6. The third-order valence-corrected chi connectivity index (χ3v) is 5.22. The van der Waals surface area contributed by atoms with Crippen LogP contribution in [0.4, 0.5) is 0 Å². The number of thioether (sulfide) groups is 1. The highest BCUT2D eigenvalue weighted by Gasteiger charge is 2.17. The van der Waals surface area contributed by atoms with Crippen molar-refractivity contribution in [2.24, 2.45) is 7.05 Å². The number of benzene rings is 1. The van der Waals surface area contributed by atoms with E-state index in [9.17, 15) is 0 Å². The maximum absolute atomic E-state index is 5.82. The zero-order chi connectivity index (χ0) is 18.1. The minimum atomic E-state index is 0.645. The normalized spacial score (nSPS) is 11.2. The Morgan fingerprint density at radius 1 is 1.04 bits per heavy atom. The van der Waals surface area contributed by atoms with Gasteiger partial charge in [-0.25, -0.2) is 4.98 Å². The van der Waals surface area contributed by atoms with E-state index < -0.39 is 0 Å². The van der Waals surface area contributed by atoms with Crippen molar-refractivity contribution in [2.45, 2.75) is 24.8 Å². The molecule has 0 bridgehead atoms. The fourth-order valence-corrected chi connectivity index (χ4v) is 3.60. The molecule has 0 aliphatic heterocycles. The zero-order valence-corrected chi connectivity index (χ0v) is 15.6. The van der Waals surface area contributed by atoms with E-state index in [-0.39, 0.29) is 0 Å². The highest BCUT2D eigenvalue weighted by Crippen LogP contribution is 2.29. The first-order valence-corrected chi connectivity index (χ1v) is 9.20. The number of oxazole rings is 1. The number of nitrogens with zero attached hydrogens (tertiary/aromatic N) is 4. The van der Waals surface area contributed by atoms with Gasteiger partial charge in [0.05, 0.1) is 17.5 Å². The van der Waals surface area contributed by atoms with Gasteiger partial charge in [-0.15, -0.1) is 10.2 Å². The molecule has 7 heteroatoms. The van der Waals surface area contributed by atoms with Crippen LogP contribution in [0.25, 0.3) is 22.8 Å². The molecule has 0 aliphatic carbocycles. The Labute approximate surface area is 155 Å². The Balaban J connectivity index is 1.53. The van der Waals surface area contributed by atoms with E-state index >= 15 is 0 Å². The smallest absolute Gasteiger partial charge is 0.226 e. The van der Waals surface area contributed by atoms with Crippen LogP contribution in [0.15, 0.2) is 56.7 Å². The van der Waals surface area contributed by atoms with Crippen molar-refractivity contribution in [3.05, 3.63) is 59.9 Å². The molecule has 0 saturated carbocycles. The molecule has 4 rings (SSSR count). The third-order valence-electron chi connectivity index (χ3n) is 4.19. The molecule has 6 nitrogen and oxygen atoms in total. The van der Waals surface area contributed by atoms with E-state index in [1.54, 1.807) is 18.0 Å². The highest BCUT2D eigenvalue weighted by atomic mass is 32.2. The van der Waals surface area contributed by atoms with Gasteiger partial charge >= 0.3 is 0 Å². The average Bonchev–Trinajstić information content (AvgIpc) is 3.33. The van der Waals surface area contributed by atoms with Crippen molar-refractivity contribution < 1.29 is 8.83 Å². The second-order valence-electron chi connectivity index (χ2n) is 5.93. The fraction of sp³-hybridized carbons (Fsp3) is 0.211. The van der Waals surface area contributed by atoms with Crippen molar-refractivity contribution in [1.29, 1.82) is 0 Å². The summed E-state index contributed by atoms with van der Waals surface area (Å²) >= 11 is 1.58. The van der Waals surface area contributed by atoms with Gasteiger partial charge in [-0.1, -0.05) is 30.0 Å². The van der Waals surface area contributed by atoms with Gasteiger partial charge in [0.1, 0.15) is 11.5 Å². The lowest BCUT2D eigenvalue weighted by Crippen LogP contribution is -1.95. The molecule has 132 valence electrons. The molecule has 3 aromatic heterocycles. The SMILES string of the molecule is Cc1occc1-c1nnc(SCc2nc(-c3ccccc3)oc2C)n1C. The lowest BCUT2D eigenvalue weighted by molar-refractivity contribution is 0.534. The summed E-state index contributed by atoms with van der Waals surface area (Å²) in [5.41, 5.74) is 2.84. The van der Waals surface area contributed by atoms with E-state index in [2.05, 4.69) is 15.2 Å². The van der Waals surface area contributed by atoms with Gasteiger partial charge in [-0.3, -0.25) is 0 Å². The number of hydrogen-bond acceptors (Lipinski definition) is 6. The predicted octanol–water partition coefficient (Wildman–Crippen LogP) is 4.64. The monoisotopic (exact) mass is 366 g/mol. The lowest BCUT2D eigenvalue weighted by atomic mass is 10.2. The molecular weight excluding hydrogens is 348 g/mol. The summed E-state index contributed by atoms with van der Waals surface area (Å²) in [4.78, 5) is 4.64. The van der Waals surface area contributed by atoms with Crippen LogP contribution in [0, 0.1) is 13.8 Å². The van der Waals surface area contributed by atoms with Crippen LogP contribution in [0.3, 0.4) is 0 Å². The van der Waals surface area contributed by atoms with Crippen LogP contribution in [-0.2, 0) is 12.8 Å². The zero-order valence-electron chi connectivity index (χ0n) is 14.8. The molecule has 0 N–H and O–H groups in total. The van der Waals surface area contributed by atoms with Gasteiger partial charge in [0.15, 0.2) is 11.0 Å². The summed E-state index contributed by atoms with van der Waals surface area (Å²) in [6.07, 6.45) is 1.66. The van der Waals surface area contributed by atoms with Crippen molar-refractivity contribution in [3.8, 4) is 22.8 Å². The van der Waals surface area contributed by atoms with Crippen molar-refractivity contribution in [3.63, 3.8) is 0 Å². The molecule has 0 atom stereocenters. The number of aryl methyl sites for hydroxylation is 2. The topological polar surface area (TPSA) is 69.9 Å². The molecule has 4 aromatic rings. The number of rotatable bonds is 5. The van der Waals surface area contributed by atoms with E-state index in [0.29, 0.717) is 11.6 Å². The molecule has 0 aliphatic rings. The standard InChI is InChI=1S/C19H18N4O2S/c1-12-15(9-10-24-12)17-21-22-19(23(17)3)26-11-16-13(2)25-18(20-16)14-7-5-4-6-8-14/h4-10H,11H2,1-3H3. The van der Waals surface area contributed by atoms with Gasteiger partial charge in [0.2, 0.25) is 5.89 Å². The van der Waals surface area contributed by atoms with Crippen molar-refractivity contribution >= 4 is 11.8 Å². The summed E-state index contributed by atoms with van der Waals surface area (Å²) in [5, 5.41) is 9.42. The molecule has 26 heavy (non-hydrogen) atoms. The first kappa shape index (κ1) is 16.7. The summed E-state index contributed by atoms with van der Waals surface area (Å²) < 4.78 is 13.2. The Kier molecular flexibility index (Phi) is 4.38. The summed E-state index contributed by atoms with van der Waals surface area (Å²) in [6, 6.07) is 11.8. The predicted molar refractivity (Wildman–Crippen MR) is 99.7 cm³/mol. The second-order valence-corrected chi connectivity index (χ2v) is 6.87. The summed E-state index contributed by atoms with van der Waals surface area (Å²) in [7, 11) is 1.95. The summed E-state index contributed by atoms with van der Waals surface area (Å²) in [6.45, 7) is 3.85. The van der Waals surface area contributed by atoms with Crippen LogP contribution >= 0.6 is 11.8 Å². The Morgan fingerprint density at radius 3 is 2.58 bits per heavy atom. The van der Waals surface area contributed by atoms with Gasteiger partial charge < -0.3 is 13.4 Å². The molecule has 0 fully saturated rings. The maximum Gasteiger partial charge on any atom is 0.226 e. The number of furan rings is 1. The van der Waals surface area contributed by atoms with E-state index in [1.165, 1.54) is 0 Å². The average molecular weight is 366 g/mol. The van der Waals surface area contributed by atoms with Crippen LogP contribution in [0.5, 0.6) is 0 Å². The minimum absolute atomic E-state index is 0.645. The molecule has 3 heterocycles. The fourth-order valence-electron chi connectivity index (χ4n) is 2.69. The Hall–Kier alpha value is -2.80. The largest absolute Gasteiger partial charge is 0.469 e. The molecule has 0 amide bonds. The summed E-state index contributed by atoms with van der Waals surface area (Å²) in [5.74, 6) is 3.76. The molecule has 0 saturated heterocycles. The maximum atomic E-state index is 5.82. The van der Waals surface area contributed by atoms with E-state index in [4.69, 9.17) is 8.83 Å². The molecule has 1 aromatic carbocycles. The lowest BCUT2D eigenvalue weighted by Gasteiger charge is -2.02. The van der Waals surface area contributed by atoms with Crippen molar-refractivity contribution in [1.82, 2.24) is 19.7 Å². The number of hydrogen-bond donors (Lipinski definition) is 0. The van der Waals surface area contributed by atoms with Crippen LogP contribution < -0.4 is 0 Å². The van der Waals surface area contributed by atoms with Gasteiger partial charge in [0, 0.05) is 18.4 Å². The van der Waals surface area contributed by atoms with E-state index in [0.717, 1.165) is 39.3 Å². The van der Waals surface area contributed by atoms with Crippen molar-refractivity contribution in [2.75, 3.05) is 0 Å².